The zero-order valence-corrected chi connectivity index (χ0v) is 9.05. The molecule has 0 saturated heterocycles. The highest BCUT2D eigenvalue weighted by molar-refractivity contribution is 5.54. The molecule has 1 aliphatic heterocycles. The second-order valence-electron chi connectivity index (χ2n) is 4.80. The van der Waals surface area contributed by atoms with Crippen LogP contribution in [0.5, 0.6) is 5.75 Å². The van der Waals surface area contributed by atoms with Crippen molar-refractivity contribution >= 4 is 5.69 Å². The van der Waals surface area contributed by atoms with Gasteiger partial charge in [-0.2, -0.15) is 0 Å². The maximum atomic E-state index is 5.51. The third-order valence-corrected chi connectivity index (χ3v) is 2.22. The third-order valence-electron chi connectivity index (χ3n) is 2.22. The molecule has 76 valence electrons. The molecule has 0 radical (unpaired) electrons. The van der Waals surface area contributed by atoms with Crippen molar-refractivity contribution in [3.63, 3.8) is 0 Å². The van der Waals surface area contributed by atoms with Gasteiger partial charge in [0.1, 0.15) is 5.75 Å². The van der Waals surface area contributed by atoms with Crippen LogP contribution < -0.4 is 10.1 Å². The maximum absolute atomic E-state index is 5.51. The summed E-state index contributed by atoms with van der Waals surface area (Å²) in [5.41, 5.74) is 2.56. The van der Waals surface area contributed by atoms with Crippen molar-refractivity contribution in [3.8, 4) is 5.75 Å². The lowest BCUT2D eigenvalue weighted by Gasteiger charge is -2.22. The molecule has 2 heteroatoms. The molecule has 1 aromatic carbocycles. The molecule has 2 rings (SSSR count). The highest BCUT2D eigenvalue weighted by atomic mass is 16.5. The van der Waals surface area contributed by atoms with Crippen molar-refractivity contribution in [2.75, 3.05) is 11.9 Å². The molecule has 0 unspecified atom stereocenters. The molecular formula is C12H17NO. The molecule has 0 amide bonds. The van der Waals surface area contributed by atoms with Gasteiger partial charge in [-0.05, 0) is 32.4 Å². The number of benzene rings is 1. The first-order valence-electron chi connectivity index (χ1n) is 5.08. The summed E-state index contributed by atoms with van der Waals surface area (Å²) in [4.78, 5) is 0. The number of anilines is 1. The molecule has 14 heavy (non-hydrogen) atoms. The van der Waals surface area contributed by atoms with Gasteiger partial charge >= 0.3 is 0 Å². The van der Waals surface area contributed by atoms with Crippen molar-refractivity contribution in [1.82, 2.24) is 0 Å². The predicted octanol–water partition coefficient (Wildman–Crippen LogP) is 2.83. The summed E-state index contributed by atoms with van der Waals surface area (Å²) in [6, 6.07) is 6.36. The van der Waals surface area contributed by atoms with Crippen LogP contribution in [0.2, 0.25) is 0 Å². The van der Waals surface area contributed by atoms with Gasteiger partial charge in [0, 0.05) is 23.7 Å². The van der Waals surface area contributed by atoms with E-state index in [1.54, 1.807) is 0 Å². The fraction of sp³-hybridized carbons (Fsp3) is 0.500. The number of ether oxygens (including phenoxy) is 1. The maximum Gasteiger partial charge on any atom is 0.124 e. The van der Waals surface area contributed by atoms with Crippen LogP contribution >= 0.6 is 0 Å². The van der Waals surface area contributed by atoms with E-state index in [4.69, 9.17) is 4.74 Å². The molecule has 0 aliphatic carbocycles. The van der Waals surface area contributed by atoms with Crippen molar-refractivity contribution < 1.29 is 4.74 Å². The van der Waals surface area contributed by atoms with E-state index in [2.05, 4.69) is 44.3 Å². The van der Waals surface area contributed by atoms with Crippen molar-refractivity contribution in [2.45, 2.75) is 32.7 Å². The average molecular weight is 191 g/mol. The topological polar surface area (TPSA) is 21.3 Å². The highest BCUT2D eigenvalue weighted by Gasteiger charge is 2.14. The summed E-state index contributed by atoms with van der Waals surface area (Å²) in [7, 11) is 0. The summed E-state index contributed by atoms with van der Waals surface area (Å²) < 4.78 is 5.51. The largest absolute Gasteiger partial charge is 0.493 e. The van der Waals surface area contributed by atoms with Crippen LogP contribution in [0, 0.1) is 0 Å². The van der Waals surface area contributed by atoms with E-state index < -0.39 is 0 Å². The predicted molar refractivity (Wildman–Crippen MR) is 59.0 cm³/mol. The molecular weight excluding hydrogens is 174 g/mol. The number of hydrogen-bond donors (Lipinski definition) is 1. The normalized spacial score (nSPS) is 14.8. The minimum atomic E-state index is 0.104. The first-order valence-corrected chi connectivity index (χ1v) is 5.08. The third kappa shape index (κ3) is 2.00. The Labute approximate surface area is 85.3 Å². The van der Waals surface area contributed by atoms with Gasteiger partial charge in [0.05, 0.1) is 6.61 Å². The van der Waals surface area contributed by atoms with E-state index in [-0.39, 0.29) is 5.54 Å². The Morgan fingerprint density at radius 3 is 2.79 bits per heavy atom. The Balaban J connectivity index is 2.21. The van der Waals surface area contributed by atoms with Gasteiger partial charge in [0.15, 0.2) is 0 Å². The van der Waals surface area contributed by atoms with Crippen LogP contribution in [0.15, 0.2) is 18.2 Å². The standard InChI is InChI=1S/C12H17NO/c1-12(2,3)13-10-5-4-9-6-7-14-11(9)8-10/h4-5,8,13H,6-7H2,1-3H3. The van der Waals surface area contributed by atoms with Gasteiger partial charge < -0.3 is 10.1 Å². The molecule has 1 N–H and O–H groups in total. The summed E-state index contributed by atoms with van der Waals surface area (Å²) >= 11 is 0. The first-order chi connectivity index (χ1) is 6.54. The Hall–Kier alpha value is -1.18. The van der Waals surface area contributed by atoms with E-state index in [0.29, 0.717) is 0 Å². The zero-order chi connectivity index (χ0) is 10.2. The minimum Gasteiger partial charge on any atom is -0.493 e. The van der Waals surface area contributed by atoms with Crippen LogP contribution in [0.3, 0.4) is 0 Å². The zero-order valence-electron chi connectivity index (χ0n) is 9.05. The summed E-state index contributed by atoms with van der Waals surface area (Å²) in [6.45, 7) is 7.29. The lowest BCUT2D eigenvalue weighted by atomic mass is 10.1. The summed E-state index contributed by atoms with van der Waals surface area (Å²) in [5, 5.41) is 3.43. The molecule has 0 saturated carbocycles. The smallest absolute Gasteiger partial charge is 0.124 e. The monoisotopic (exact) mass is 191 g/mol. The molecule has 0 aromatic heterocycles. The van der Waals surface area contributed by atoms with E-state index >= 15 is 0 Å². The minimum absolute atomic E-state index is 0.104. The van der Waals surface area contributed by atoms with Crippen LogP contribution in [-0.2, 0) is 6.42 Å². The number of fused-ring (bicyclic) bond motifs is 1. The first kappa shape index (κ1) is 9.38. The van der Waals surface area contributed by atoms with E-state index in [9.17, 15) is 0 Å². The van der Waals surface area contributed by atoms with Gasteiger partial charge in [-0.3, -0.25) is 0 Å². The summed E-state index contributed by atoms with van der Waals surface area (Å²) in [6.07, 6.45) is 1.05. The SMILES string of the molecule is CC(C)(C)Nc1ccc2c(c1)OCC2. The quantitative estimate of drug-likeness (QED) is 0.737. The number of rotatable bonds is 1. The van der Waals surface area contributed by atoms with Crippen LogP contribution in [0.1, 0.15) is 26.3 Å². The molecule has 0 spiro atoms. The van der Waals surface area contributed by atoms with Crippen LogP contribution in [-0.4, -0.2) is 12.1 Å². The van der Waals surface area contributed by atoms with E-state index in [1.165, 1.54) is 5.56 Å². The molecule has 1 aliphatic rings. The fourth-order valence-electron chi connectivity index (χ4n) is 1.68. The van der Waals surface area contributed by atoms with Crippen LogP contribution in [0.25, 0.3) is 0 Å². The molecule has 0 bridgehead atoms. The van der Waals surface area contributed by atoms with Gasteiger partial charge in [-0.1, -0.05) is 6.07 Å². The Morgan fingerprint density at radius 1 is 1.29 bits per heavy atom. The van der Waals surface area contributed by atoms with Gasteiger partial charge in [-0.15, -0.1) is 0 Å². The van der Waals surface area contributed by atoms with Gasteiger partial charge in [0.2, 0.25) is 0 Å². The van der Waals surface area contributed by atoms with E-state index in [0.717, 1.165) is 24.5 Å². The summed E-state index contributed by atoms with van der Waals surface area (Å²) in [5.74, 6) is 1.04. The average Bonchev–Trinajstić information content (AvgIpc) is 2.47. The number of nitrogens with one attached hydrogen (secondary N) is 1. The molecule has 0 atom stereocenters. The lowest BCUT2D eigenvalue weighted by molar-refractivity contribution is 0.357. The Kier molecular flexibility index (Phi) is 2.14. The Bertz CT molecular complexity index is 339. The van der Waals surface area contributed by atoms with Gasteiger partial charge in [-0.25, -0.2) is 0 Å². The highest BCUT2D eigenvalue weighted by Crippen LogP contribution is 2.29. The van der Waals surface area contributed by atoms with Crippen molar-refractivity contribution in [1.29, 1.82) is 0 Å². The van der Waals surface area contributed by atoms with E-state index in [1.807, 2.05) is 0 Å². The lowest BCUT2D eigenvalue weighted by Crippen LogP contribution is -2.25. The van der Waals surface area contributed by atoms with Crippen molar-refractivity contribution in [3.05, 3.63) is 23.8 Å². The van der Waals surface area contributed by atoms with Gasteiger partial charge in [0.25, 0.3) is 0 Å². The fourth-order valence-corrected chi connectivity index (χ4v) is 1.68. The number of hydrogen-bond acceptors (Lipinski definition) is 2. The molecule has 1 heterocycles. The Morgan fingerprint density at radius 2 is 2.07 bits per heavy atom. The molecule has 2 nitrogen and oxygen atoms in total. The molecule has 1 aromatic rings. The second kappa shape index (κ2) is 3.19. The second-order valence-corrected chi connectivity index (χ2v) is 4.80. The van der Waals surface area contributed by atoms with Crippen molar-refractivity contribution in [2.24, 2.45) is 0 Å². The molecule has 0 fully saturated rings. The van der Waals surface area contributed by atoms with Crippen LogP contribution in [0.4, 0.5) is 5.69 Å².